The van der Waals surface area contributed by atoms with Gasteiger partial charge in [0.1, 0.15) is 5.75 Å². The first-order chi connectivity index (χ1) is 8.33. The summed E-state index contributed by atoms with van der Waals surface area (Å²) in [6, 6.07) is 7.56. The Labute approximate surface area is 98.3 Å². The van der Waals surface area contributed by atoms with Crippen LogP contribution >= 0.6 is 0 Å². The Bertz CT molecular complexity index is 588. The summed E-state index contributed by atoms with van der Waals surface area (Å²) in [6.07, 6.45) is 5.55. The van der Waals surface area contributed by atoms with Crippen molar-refractivity contribution < 1.29 is 4.74 Å². The molecule has 2 aromatic rings. The van der Waals surface area contributed by atoms with Crippen LogP contribution in [0.25, 0.3) is 11.1 Å². The monoisotopic (exact) mass is 228 g/mol. The smallest absolute Gasteiger partial charge is 0.258 e. The molecule has 1 saturated carbocycles. The van der Waals surface area contributed by atoms with E-state index in [-0.39, 0.29) is 5.56 Å². The van der Waals surface area contributed by atoms with E-state index in [1.807, 2.05) is 24.3 Å². The van der Waals surface area contributed by atoms with Gasteiger partial charge in [-0.05, 0) is 30.5 Å². The van der Waals surface area contributed by atoms with Crippen molar-refractivity contribution in [3.05, 3.63) is 47.1 Å². The molecule has 1 aromatic heterocycles. The second-order valence-corrected chi connectivity index (χ2v) is 4.14. The standard InChI is InChI=1S/C13H12N2O2/c16-13-12(7-14-8-15-13)9-2-1-3-11(6-9)17-10-4-5-10/h1-3,6-8,10H,4-5H2,(H,14,15,16). The van der Waals surface area contributed by atoms with Crippen LogP contribution in [0.3, 0.4) is 0 Å². The van der Waals surface area contributed by atoms with Crippen LogP contribution in [0.1, 0.15) is 12.8 Å². The Hall–Kier alpha value is -2.10. The number of aromatic amines is 1. The SMILES string of the molecule is O=c1[nH]cncc1-c1cccc(OC2CC2)c1. The molecular weight excluding hydrogens is 216 g/mol. The summed E-state index contributed by atoms with van der Waals surface area (Å²) in [5.41, 5.74) is 1.26. The largest absolute Gasteiger partial charge is 0.490 e. The Morgan fingerprint density at radius 3 is 3.00 bits per heavy atom. The third-order valence-corrected chi connectivity index (χ3v) is 2.69. The van der Waals surface area contributed by atoms with Crippen molar-refractivity contribution in [3.8, 4) is 16.9 Å². The fourth-order valence-corrected chi connectivity index (χ4v) is 1.66. The summed E-state index contributed by atoms with van der Waals surface area (Å²) in [7, 11) is 0. The van der Waals surface area contributed by atoms with Gasteiger partial charge in [0.05, 0.1) is 18.0 Å². The van der Waals surface area contributed by atoms with Gasteiger partial charge in [0.15, 0.2) is 0 Å². The number of nitrogens with one attached hydrogen (secondary N) is 1. The Balaban J connectivity index is 1.97. The zero-order valence-corrected chi connectivity index (χ0v) is 9.22. The van der Waals surface area contributed by atoms with Crippen LogP contribution in [0.2, 0.25) is 0 Å². The molecule has 4 heteroatoms. The maximum Gasteiger partial charge on any atom is 0.258 e. The lowest BCUT2D eigenvalue weighted by Crippen LogP contribution is -2.08. The summed E-state index contributed by atoms with van der Waals surface area (Å²) >= 11 is 0. The first-order valence-corrected chi connectivity index (χ1v) is 5.63. The second kappa shape index (κ2) is 4.05. The number of nitrogens with zero attached hydrogens (tertiary/aromatic N) is 1. The van der Waals surface area contributed by atoms with Crippen LogP contribution in [0.15, 0.2) is 41.6 Å². The van der Waals surface area contributed by atoms with Crippen molar-refractivity contribution in [2.75, 3.05) is 0 Å². The van der Waals surface area contributed by atoms with Gasteiger partial charge in [-0.2, -0.15) is 0 Å². The van der Waals surface area contributed by atoms with E-state index in [0.717, 1.165) is 24.2 Å². The molecule has 0 amide bonds. The predicted octanol–water partition coefficient (Wildman–Crippen LogP) is 1.98. The van der Waals surface area contributed by atoms with Crippen LogP contribution in [-0.2, 0) is 0 Å². The molecule has 1 aliphatic carbocycles. The Morgan fingerprint density at radius 1 is 1.35 bits per heavy atom. The van der Waals surface area contributed by atoms with E-state index in [1.54, 1.807) is 6.20 Å². The van der Waals surface area contributed by atoms with Crippen LogP contribution in [0, 0.1) is 0 Å². The van der Waals surface area contributed by atoms with Gasteiger partial charge in [0.2, 0.25) is 0 Å². The van der Waals surface area contributed by atoms with Gasteiger partial charge in [-0.1, -0.05) is 12.1 Å². The molecule has 0 aliphatic heterocycles. The fourth-order valence-electron chi connectivity index (χ4n) is 1.66. The van der Waals surface area contributed by atoms with Crippen LogP contribution in [0.5, 0.6) is 5.75 Å². The first kappa shape index (κ1) is 10.1. The number of benzene rings is 1. The maximum atomic E-state index is 11.6. The van der Waals surface area contributed by atoms with Gasteiger partial charge in [-0.15, -0.1) is 0 Å². The highest BCUT2D eigenvalue weighted by Gasteiger charge is 2.23. The van der Waals surface area contributed by atoms with E-state index in [2.05, 4.69) is 9.97 Å². The van der Waals surface area contributed by atoms with Gasteiger partial charge in [0, 0.05) is 6.20 Å². The molecule has 1 heterocycles. The summed E-state index contributed by atoms with van der Waals surface area (Å²) in [6.45, 7) is 0. The van der Waals surface area contributed by atoms with Gasteiger partial charge >= 0.3 is 0 Å². The zero-order chi connectivity index (χ0) is 11.7. The number of hydrogen-bond acceptors (Lipinski definition) is 3. The number of ether oxygens (including phenoxy) is 1. The van der Waals surface area contributed by atoms with Gasteiger partial charge < -0.3 is 9.72 Å². The molecule has 0 atom stereocenters. The molecule has 1 aromatic carbocycles. The van der Waals surface area contributed by atoms with Crippen molar-refractivity contribution in [1.82, 2.24) is 9.97 Å². The number of rotatable bonds is 3. The lowest BCUT2D eigenvalue weighted by Gasteiger charge is -2.06. The number of hydrogen-bond donors (Lipinski definition) is 1. The third kappa shape index (κ3) is 2.20. The van der Waals surface area contributed by atoms with E-state index in [0.29, 0.717) is 11.7 Å². The molecule has 86 valence electrons. The summed E-state index contributed by atoms with van der Waals surface area (Å²) in [4.78, 5) is 18.1. The summed E-state index contributed by atoms with van der Waals surface area (Å²) in [5, 5.41) is 0. The lowest BCUT2D eigenvalue weighted by atomic mass is 10.1. The predicted molar refractivity (Wildman–Crippen MR) is 63.9 cm³/mol. The Morgan fingerprint density at radius 2 is 2.24 bits per heavy atom. The van der Waals surface area contributed by atoms with Crippen LogP contribution in [-0.4, -0.2) is 16.1 Å². The van der Waals surface area contributed by atoms with Crippen molar-refractivity contribution >= 4 is 0 Å². The minimum absolute atomic E-state index is 0.136. The molecule has 4 nitrogen and oxygen atoms in total. The lowest BCUT2D eigenvalue weighted by molar-refractivity contribution is 0.303. The van der Waals surface area contributed by atoms with Crippen molar-refractivity contribution in [1.29, 1.82) is 0 Å². The molecule has 1 fully saturated rings. The normalized spacial score (nSPS) is 14.6. The molecular formula is C13H12N2O2. The average Bonchev–Trinajstić information content (AvgIpc) is 3.14. The van der Waals surface area contributed by atoms with Gasteiger partial charge in [0.25, 0.3) is 5.56 Å². The highest BCUT2D eigenvalue weighted by atomic mass is 16.5. The highest BCUT2D eigenvalue weighted by Crippen LogP contribution is 2.28. The minimum atomic E-state index is -0.136. The molecule has 1 aliphatic rings. The van der Waals surface area contributed by atoms with E-state index in [4.69, 9.17) is 4.74 Å². The highest BCUT2D eigenvalue weighted by molar-refractivity contribution is 5.63. The van der Waals surface area contributed by atoms with Crippen LogP contribution in [0.4, 0.5) is 0 Å². The summed E-state index contributed by atoms with van der Waals surface area (Å²) < 4.78 is 5.69. The molecule has 0 saturated heterocycles. The molecule has 3 rings (SSSR count). The quantitative estimate of drug-likeness (QED) is 0.873. The molecule has 1 N–H and O–H groups in total. The number of H-pyrrole nitrogens is 1. The van der Waals surface area contributed by atoms with Crippen molar-refractivity contribution in [2.24, 2.45) is 0 Å². The maximum absolute atomic E-state index is 11.6. The van der Waals surface area contributed by atoms with Crippen molar-refractivity contribution in [3.63, 3.8) is 0 Å². The van der Waals surface area contributed by atoms with Gasteiger partial charge in [-0.3, -0.25) is 4.79 Å². The van der Waals surface area contributed by atoms with Crippen molar-refractivity contribution in [2.45, 2.75) is 18.9 Å². The zero-order valence-electron chi connectivity index (χ0n) is 9.22. The van der Waals surface area contributed by atoms with E-state index < -0.39 is 0 Å². The molecule has 17 heavy (non-hydrogen) atoms. The van der Waals surface area contributed by atoms with E-state index in [1.165, 1.54) is 6.33 Å². The molecule has 0 bridgehead atoms. The van der Waals surface area contributed by atoms with Crippen LogP contribution < -0.4 is 10.3 Å². The summed E-state index contributed by atoms with van der Waals surface area (Å²) in [5.74, 6) is 0.813. The molecule has 0 unspecified atom stereocenters. The molecule has 0 radical (unpaired) electrons. The fraction of sp³-hybridized carbons (Fsp3) is 0.231. The van der Waals surface area contributed by atoms with E-state index >= 15 is 0 Å². The number of aromatic nitrogens is 2. The molecule has 0 spiro atoms. The first-order valence-electron chi connectivity index (χ1n) is 5.63. The second-order valence-electron chi connectivity index (χ2n) is 4.14. The van der Waals surface area contributed by atoms with E-state index in [9.17, 15) is 4.79 Å². The minimum Gasteiger partial charge on any atom is -0.490 e. The average molecular weight is 228 g/mol. The Kier molecular flexibility index (Phi) is 2.40. The topological polar surface area (TPSA) is 55.0 Å². The third-order valence-electron chi connectivity index (χ3n) is 2.69. The van der Waals surface area contributed by atoms with Gasteiger partial charge in [-0.25, -0.2) is 4.98 Å².